The molecule has 0 saturated heterocycles. The first-order valence-corrected chi connectivity index (χ1v) is 7.27. The summed E-state index contributed by atoms with van der Waals surface area (Å²) in [7, 11) is 1.27. The fourth-order valence-corrected chi connectivity index (χ4v) is 1.71. The zero-order chi connectivity index (χ0) is 17.5. The molecule has 22 heavy (non-hydrogen) atoms. The molecule has 0 spiro atoms. The molecule has 0 aromatic rings. The van der Waals surface area contributed by atoms with Gasteiger partial charge in [0.25, 0.3) is 0 Å². The first-order valence-electron chi connectivity index (χ1n) is 7.27. The average molecular weight is 313 g/mol. The van der Waals surface area contributed by atoms with E-state index in [-0.39, 0.29) is 18.0 Å². The minimum absolute atomic E-state index is 0.0781. The molecule has 1 atom stereocenters. The fraction of sp³-hybridized carbons (Fsp3) is 0.688. The maximum absolute atomic E-state index is 12.2. The lowest BCUT2D eigenvalue weighted by atomic mass is 9.96. The van der Waals surface area contributed by atoms with E-state index in [1.54, 1.807) is 33.8 Å². The maximum atomic E-state index is 12.2. The topological polar surface area (TPSA) is 81.7 Å². The van der Waals surface area contributed by atoms with E-state index in [2.05, 4.69) is 10.1 Å². The Morgan fingerprint density at radius 3 is 2.09 bits per heavy atom. The van der Waals surface area contributed by atoms with Crippen LogP contribution >= 0.6 is 0 Å². The smallest absolute Gasteiger partial charge is 0.325 e. The van der Waals surface area contributed by atoms with Crippen molar-refractivity contribution < 1.29 is 23.9 Å². The van der Waals surface area contributed by atoms with Gasteiger partial charge in [-0.15, -0.1) is 0 Å². The van der Waals surface area contributed by atoms with Crippen LogP contribution in [0.25, 0.3) is 0 Å². The molecule has 1 N–H and O–H groups in total. The van der Waals surface area contributed by atoms with Crippen molar-refractivity contribution in [1.82, 2.24) is 5.32 Å². The van der Waals surface area contributed by atoms with Gasteiger partial charge >= 0.3 is 11.9 Å². The standard InChI is InChI=1S/C16H27NO5/c1-10(2)8-12(11(3)15(20)21-7)14(19)17-9-13(18)22-16(4,5)6/h8,10-11H,9H2,1-7H3,(H,17,19)/b12-8+/t11-/m0/s1. The Kier molecular flexibility index (Phi) is 7.84. The second-order valence-electron chi connectivity index (χ2n) is 6.38. The molecular formula is C16H27NO5. The maximum Gasteiger partial charge on any atom is 0.325 e. The number of carbonyl (C=O) groups is 3. The normalized spacial score (nSPS) is 13.5. The molecule has 6 nitrogen and oxygen atoms in total. The number of hydrogen-bond acceptors (Lipinski definition) is 5. The quantitative estimate of drug-likeness (QED) is 0.597. The fourth-order valence-electron chi connectivity index (χ4n) is 1.71. The van der Waals surface area contributed by atoms with E-state index in [1.807, 2.05) is 13.8 Å². The molecule has 126 valence electrons. The Balaban J connectivity index is 4.87. The van der Waals surface area contributed by atoms with Crippen LogP contribution in [0.2, 0.25) is 0 Å². The summed E-state index contributed by atoms with van der Waals surface area (Å²) < 4.78 is 9.78. The second-order valence-corrected chi connectivity index (χ2v) is 6.38. The molecule has 0 aromatic heterocycles. The van der Waals surface area contributed by atoms with Crippen LogP contribution in [-0.2, 0) is 23.9 Å². The van der Waals surface area contributed by atoms with Crippen LogP contribution in [0.4, 0.5) is 0 Å². The van der Waals surface area contributed by atoms with E-state index < -0.39 is 29.4 Å². The van der Waals surface area contributed by atoms with Crippen molar-refractivity contribution in [2.45, 2.75) is 47.1 Å². The summed E-state index contributed by atoms with van der Waals surface area (Å²) in [6.07, 6.45) is 1.69. The second kappa shape index (κ2) is 8.56. The minimum atomic E-state index is -0.703. The van der Waals surface area contributed by atoms with E-state index in [9.17, 15) is 14.4 Å². The largest absolute Gasteiger partial charge is 0.469 e. The summed E-state index contributed by atoms with van der Waals surface area (Å²) in [5, 5.41) is 2.48. The van der Waals surface area contributed by atoms with Gasteiger partial charge in [-0.3, -0.25) is 14.4 Å². The molecule has 6 heteroatoms. The van der Waals surface area contributed by atoms with Crippen LogP contribution in [0.3, 0.4) is 0 Å². The Labute approximate surface area is 132 Å². The number of ether oxygens (including phenoxy) is 2. The third-order valence-corrected chi connectivity index (χ3v) is 2.61. The van der Waals surface area contributed by atoms with Crippen molar-refractivity contribution in [2.24, 2.45) is 11.8 Å². The number of amides is 1. The van der Waals surface area contributed by atoms with Gasteiger partial charge in [0, 0.05) is 5.57 Å². The lowest BCUT2D eigenvalue weighted by Crippen LogP contribution is -2.37. The van der Waals surface area contributed by atoms with Crippen molar-refractivity contribution in [3.05, 3.63) is 11.6 Å². The zero-order valence-corrected chi connectivity index (χ0v) is 14.5. The highest BCUT2D eigenvalue weighted by Gasteiger charge is 2.25. The van der Waals surface area contributed by atoms with E-state index in [1.165, 1.54) is 7.11 Å². The molecule has 0 bridgehead atoms. The van der Waals surface area contributed by atoms with E-state index >= 15 is 0 Å². The highest BCUT2D eigenvalue weighted by atomic mass is 16.6. The van der Waals surface area contributed by atoms with E-state index in [0.717, 1.165) is 0 Å². The Hall–Kier alpha value is -1.85. The first kappa shape index (κ1) is 20.1. The Bertz CT molecular complexity index is 446. The summed E-state index contributed by atoms with van der Waals surface area (Å²) >= 11 is 0. The third-order valence-electron chi connectivity index (χ3n) is 2.61. The molecular weight excluding hydrogens is 286 g/mol. The van der Waals surface area contributed by atoms with Crippen LogP contribution in [0.1, 0.15) is 41.5 Å². The van der Waals surface area contributed by atoms with Crippen molar-refractivity contribution in [1.29, 1.82) is 0 Å². The lowest BCUT2D eigenvalue weighted by Gasteiger charge is -2.20. The Morgan fingerprint density at radius 2 is 1.68 bits per heavy atom. The number of hydrogen-bond donors (Lipinski definition) is 1. The highest BCUT2D eigenvalue weighted by molar-refractivity contribution is 6.00. The molecule has 1 amide bonds. The van der Waals surface area contributed by atoms with Gasteiger partial charge in [0.15, 0.2) is 0 Å². The number of nitrogens with one attached hydrogen (secondary N) is 1. The van der Waals surface area contributed by atoms with Gasteiger partial charge in [-0.2, -0.15) is 0 Å². The predicted octanol–water partition coefficient (Wildman–Crippen LogP) is 1.84. The van der Waals surface area contributed by atoms with Crippen LogP contribution < -0.4 is 5.32 Å². The van der Waals surface area contributed by atoms with Crippen LogP contribution in [-0.4, -0.2) is 37.1 Å². The van der Waals surface area contributed by atoms with Crippen LogP contribution in [0.15, 0.2) is 11.6 Å². The molecule has 0 rings (SSSR count). The molecule has 0 saturated carbocycles. The van der Waals surface area contributed by atoms with Gasteiger partial charge in [-0.1, -0.05) is 19.9 Å². The van der Waals surface area contributed by atoms with Gasteiger partial charge in [0.1, 0.15) is 12.1 Å². The summed E-state index contributed by atoms with van der Waals surface area (Å²) in [4.78, 5) is 35.5. The van der Waals surface area contributed by atoms with Crippen molar-refractivity contribution in [3.8, 4) is 0 Å². The predicted molar refractivity (Wildman–Crippen MR) is 83.0 cm³/mol. The van der Waals surface area contributed by atoms with E-state index in [0.29, 0.717) is 0 Å². The van der Waals surface area contributed by atoms with Gasteiger partial charge in [0.05, 0.1) is 13.0 Å². The summed E-state index contributed by atoms with van der Waals surface area (Å²) in [5.41, 5.74) is -0.331. The molecule has 0 aromatic carbocycles. The molecule has 0 fully saturated rings. The highest BCUT2D eigenvalue weighted by Crippen LogP contribution is 2.15. The van der Waals surface area contributed by atoms with Gasteiger partial charge in [-0.05, 0) is 33.6 Å². The zero-order valence-electron chi connectivity index (χ0n) is 14.5. The first-order chi connectivity index (χ1) is 9.97. The molecule has 0 aliphatic carbocycles. The summed E-state index contributed by atoms with van der Waals surface area (Å²) in [5.74, 6) is -2.13. The summed E-state index contributed by atoms with van der Waals surface area (Å²) in [6.45, 7) is 10.4. The Morgan fingerprint density at radius 1 is 1.14 bits per heavy atom. The summed E-state index contributed by atoms with van der Waals surface area (Å²) in [6, 6.07) is 0. The van der Waals surface area contributed by atoms with Gasteiger partial charge in [0.2, 0.25) is 5.91 Å². The van der Waals surface area contributed by atoms with Crippen molar-refractivity contribution in [2.75, 3.05) is 13.7 Å². The number of methoxy groups -OCH3 is 1. The number of allylic oxidation sites excluding steroid dienone is 1. The molecule has 0 aliphatic rings. The number of carbonyl (C=O) groups excluding carboxylic acids is 3. The van der Waals surface area contributed by atoms with Crippen LogP contribution in [0.5, 0.6) is 0 Å². The van der Waals surface area contributed by atoms with Crippen molar-refractivity contribution >= 4 is 17.8 Å². The molecule has 0 radical (unpaired) electrons. The minimum Gasteiger partial charge on any atom is -0.469 e. The SMILES string of the molecule is COC(=O)[C@@H](C)/C(=C\C(C)C)C(=O)NCC(=O)OC(C)(C)C. The average Bonchev–Trinajstić information content (AvgIpc) is 2.38. The number of rotatable bonds is 6. The van der Waals surface area contributed by atoms with Gasteiger partial charge < -0.3 is 14.8 Å². The molecule has 0 heterocycles. The lowest BCUT2D eigenvalue weighted by molar-refractivity contribution is -0.154. The number of esters is 2. The van der Waals surface area contributed by atoms with Crippen molar-refractivity contribution in [3.63, 3.8) is 0 Å². The van der Waals surface area contributed by atoms with E-state index in [4.69, 9.17) is 4.74 Å². The molecule has 0 aliphatic heterocycles. The molecule has 0 unspecified atom stereocenters. The van der Waals surface area contributed by atoms with Gasteiger partial charge in [-0.25, -0.2) is 0 Å². The van der Waals surface area contributed by atoms with Crippen LogP contribution in [0, 0.1) is 11.8 Å². The third kappa shape index (κ3) is 7.81. The monoisotopic (exact) mass is 313 g/mol.